The minimum absolute atomic E-state index is 0.0173. The van der Waals surface area contributed by atoms with Gasteiger partial charge in [0.25, 0.3) is 5.91 Å². The molecule has 0 radical (unpaired) electrons. The van der Waals surface area contributed by atoms with Gasteiger partial charge < -0.3 is 19.9 Å². The van der Waals surface area contributed by atoms with Crippen LogP contribution in [0, 0.1) is 11.3 Å². The molecule has 0 aromatic heterocycles. The number of anilines is 2. The van der Waals surface area contributed by atoms with E-state index >= 15 is 0 Å². The summed E-state index contributed by atoms with van der Waals surface area (Å²) in [5, 5.41) is 11.9. The van der Waals surface area contributed by atoms with E-state index in [1.165, 1.54) is 0 Å². The topological polar surface area (TPSA) is 85.7 Å². The third-order valence-corrected chi connectivity index (χ3v) is 5.41. The number of piperidine rings is 1. The monoisotopic (exact) mass is 404 g/mol. The molecule has 30 heavy (non-hydrogen) atoms. The van der Waals surface area contributed by atoms with E-state index in [0.717, 1.165) is 38.0 Å². The van der Waals surface area contributed by atoms with E-state index in [1.54, 1.807) is 24.3 Å². The lowest BCUT2D eigenvalue weighted by molar-refractivity contribution is -0.139. The molecule has 4 rings (SSSR count). The van der Waals surface area contributed by atoms with Crippen molar-refractivity contribution in [3.05, 3.63) is 54.1 Å². The summed E-state index contributed by atoms with van der Waals surface area (Å²) >= 11 is 0. The fourth-order valence-electron chi connectivity index (χ4n) is 3.94. The zero-order valence-electron chi connectivity index (χ0n) is 16.7. The van der Waals surface area contributed by atoms with Gasteiger partial charge in [0.05, 0.1) is 30.4 Å². The molecule has 2 amide bonds. The zero-order chi connectivity index (χ0) is 20.9. The van der Waals surface area contributed by atoms with Gasteiger partial charge >= 0.3 is 0 Å². The third kappa shape index (κ3) is 4.38. The van der Waals surface area contributed by atoms with Crippen molar-refractivity contribution in [2.75, 3.05) is 36.4 Å². The number of hydrogen-bond acceptors (Lipinski definition) is 5. The van der Waals surface area contributed by atoms with Crippen LogP contribution in [0.5, 0.6) is 5.75 Å². The summed E-state index contributed by atoms with van der Waals surface area (Å²) in [5.41, 5.74) is 1.85. The maximum atomic E-state index is 13.0. The van der Waals surface area contributed by atoms with Crippen LogP contribution < -0.4 is 15.0 Å². The lowest BCUT2D eigenvalue weighted by atomic mass is 10.1. The zero-order valence-corrected chi connectivity index (χ0v) is 16.7. The standard InChI is InChI=1S/C23H24N4O3/c24-14-17-7-6-8-18(13-17)25-22(28)16-27-15-21(23(29)26-11-4-1-5-12-26)30-20-10-3-2-9-19(20)27/h2-3,6-10,13,21H,1,4-5,11-12,15-16H2,(H,25,28). The molecule has 1 N–H and O–H groups in total. The van der Waals surface area contributed by atoms with Crippen LogP contribution in [-0.2, 0) is 9.59 Å². The van der Waals surface area contributed by atoms with E-state index in [4.69, 9.17) is 10.00 Å². The maximum Gasteiger partial charge on any atom is 0.265 e. The van der Waals surface area contributed by atoms with E-state index < -0.39 is 6.10 Å². The second-order valence-corrected chi connectivity index (χ2v) is 7.58. The van der Waals surface area contributed by atoms with Crippen LogP contribution in [0.15, 0.2) is 48.5 Å². The van der Waals surface area contributed by atoms with Gasteiger partial charge in [-0.05, 0) is 49.6 Å². The van der Waals surface area contributed by atoms with E-state index in [0.29, 0.717) is 23.5 Å². The molecule has 1 saturated heterocycles. The lowest BCUT2D eigenvalue weighted by Crippen LogP contribution is -2.52. The van der Waals surface area contributed by atoms with Gasteiger partial charge in [-0.15, -0.1) is 0 Å². The van der Waals surface area contributed by atoms with Crippen molar-refractivity contribution in [3.8, 4) is 11.8 Å². The Bertz CT molecular complexity index is 978. The largest absolute Gasteiger partial charge is 0.477 e. The van der Waals surface area contributed by atoms with Gasteiger partial charge in [0.2, 0.25) is 5.91 Å². The first-order chi connectivity index (χ1) is 14.6. The van der Waals surface area contributed by atoms with Crippen LogP contribution in [-0.4, -0.2) is 49.0 Å². The number of nitrogens with one attached hydrogen (secondary N) is 1. The Kier molecular flexibility index (Phi) is 5.84. The smallest absolute Gasteiger partial charge is 0.265 e. The Morgan fingerprint density at radius 2 is 1.90 bits per heavy atom. The summed E-state index contributed by atoms with van der Waals surface area (Å²) in [6.07, 6.45) is 2.55. The Balaban J connectivity index is 1.48. The maximum absolute atomic E-state index is 13.0. The highest BCUT2D eigenvalue weighted by Gasteiger charge is 2.34. The SMILES string of the molecule is N#Cc1cccc(NC(=O)CN2CC(C(=O)N3CCCCC3)Oc3ccccc32)c1. The second-order valence-electron chi connectivity index (χ2n) is 7.58. The molecule has 1 atom stereocenters. The molecule has 154 valence electrons. The number of fused-ring (bicyclic) bond motifs is 1. The number of nitriles is 1. The number of rotatable bonds is 4. The number of ether oxygens (including phenoxy) is 1. The predicted molar refractivity (Wildman–Crippen MR) is 113 cm³/mol. The molecule has 2 aliphatic heterocycles. The van der Waals surface area contributed by atoms with E-state index in [2.05, 4.69) is 11.4 Å². The first kappa shape index (κ1) is 19.8. The van der Waals surface area contributed by atoms with Crippen LogP contribution in [0.25, 0.3) is 0 Å². The Morgan fingerprint density at radius 1 is 1.10 bits per heavy atom. The van der Waals surface area contributed by atoms with Gasteiger partial charge in [0, 0.05) is 18.8 Å². The molecule has 1 fully saturated rings. The number of carbonyl (C=O) groups is 2. The number of likely N-dealkylation sites (tertiary alicyclic amines) is 1. The van der Waals surface area contributed by atoms with Gasteiger partial charge in [-0.2, -0.15) is 5.26 Å². The number of benzene rings is 2. The molecular weight excluding hydrogens is 380 g/mol. The summed E-state index contributed by atoms with van der Waals surface area (Å²) in [6.45, 7) is 1.92. The number of nitrogens with zero attached hydrogens (tertiary/aromatic N) is 3. The average Bonchev–Trinajstić information content (AvgIpc) is 2.79. The summed E-state index contributed by atoms with van der Waals surface area (Å²) in [6, 6.07) is 16.3. The lowest BCUT2D eigenvalue weighted by Gasteiger charge is -2.38. The summed E-state index contributed by atoms with van der Waals surface area (Å²) in [5.74, 6) is 0.376. The molecule has 2 aliphatic rings. The normalized spacial score (nSPS) is 18.0. The van der Waals surface area contributed by atoms with Gasteiger partial charge in [0.15, 0.2) is 6.10 Å². The summed E-state index contributed by atoms with van der Waals surface area (Å²) in [4.78, 5) is 29.4. The van der Waals surface area contributed by atoms with Crippen molar-refractivity contribution < 1.29 is 14.3 Å². The molecule has 0 aliphatic carbocycles. The molecule has 7 nitrogen and oxygen atoms in total. The molecule has 0 spiro atoms. The Labute approximate surface area is 175 Å². The average molecular weight is 404 g/mol. The predicted octanol–water partition coefficient (Wildman–Crippen LogP) is 2.78. The van der Waals surface area contributed by atoms with E-state index in [9.17, 15) is 9.59 Å². The number of para-hydroxylation sites is 2. The fourth-order valence-corrected chi connectivity index (χ4v) is 3.94. The van der Waals surface area contributed by atoms with Crippen LogP contribution in [0.2, 0.25) is 0 Å². The second kappa shape index (κ2) is 8.87. The van der Waals surface area contributed by atoms with Crippen LogP contribution >= 0.6 is 0 Å². The number of hydrogen-bond donors (Lipinski definition) is 1. The first-order valence-electron chi connectivity index (χ1n) is 10.2. The Morgan fingerprint density at radius 3 is 2.70 bits per heavy atom. The number of amides is 2. The minimum Gasteiger partial charge on any atom is -0.477 e. The molecule has 1 unspecified atom stereocenters. The molecule has 0 saturated carbocycles. The van der Waals surface area contributed by atoms with Gasteiger partial charge in [-0.1, -0.05) is 18.2 Å². The highest BCUT2D eigenvalue weighted by atomic mass is 16.5. The summed E-state index contributed by atoms with van der Waals surface area (Å²) < 4.78 is 6.01. The van der Waals surface area contributed by atoms with Crippen molar-refractivity contribution >= 4 is 23.2 Å². The van der Waals surface area contributed by atoms with Crippen LogP contribution in [0.1, 0.15) is 24.8 Å². The third-order valence-electron chi connectivity index (χ3n) is 5.41. The van der Waals surface area contributed by atoms with Crippen LogP contribution in [0.3, 0.4) is 0 Å². The number of carbonyl (C=O) groups excluding carboxylic acids is 2. The molecule has 2 heterocycles. The summed E-state index contributed by atoms with van der Waals surface area (Å²) in [7, 11) is 0. The van der Waals surface area contributed by atoms with Crippen molar-refractivity contribution in [2.24, 2.45) is 0 Å². The van der Waals surface area contributed by atoms with Crippen molar-refractivity contribution in [1.82, 2.24) is 4.90 Å². The van der Waals surface area contributed by atoms with E-state index in [-0.39, 0.29) is 18.4 Å². The fraction of sp³-hybridized carbons (Fsp3) is 0.348. The molecule has 2 aromatic rings. The van der Waals surface area contributed by atoms with Crippen molar-refractivity contribution in [1.29, 1.82) is 5.26 Å². The minimum atomic E-state index is -0.632. The van der Waals surface area contributed by atoms with Gasteiger partial charge in [-0.3, -0.25) is 9.59 Å². The molecular formula is C23H24N4O3. The molecule has 0 bridgehead atoms. The van der Waals surface area contributed by atoms with E-state index in [1.807, 2.05) is 34.1 Å². The first-order valence-corrected chi connectivity index (χ1v) is 10.2. The van der Waals surface area contributed by atoms with Gasteiger partial charge in [-0.25, -0.2) is 0 Å². The van der Waals surface area contributed by atoms with Crippen molar-refractivity contribution in [3.63, 3.8) is 0 Å². The quantitative estimate of drug-likeness (QED) is 0.847. The van der Waals surface area contributed by atoms with Crippen molar-refractivity contribution in [2.45, 2.75) is 25.4 Å². The van der Waals surface area contributed by atoms with Gasteiger partial charge in [0.1, 0.15) is 5.75 Å². The van der Waals surface area contributed by atoms with Crippen LogP contribution in [0.4, 0.5) is 11.4 Å². The highest BCUT2D eigenvalue weighted by Crippen LogP contribution is 2.33. The molecule has 2 aromatic carbocycles. The molecule has 7 heteroatoms. The Hall–Kier alpha value is -3.53. The highest BCUT2D eigenvalue weighted by molar-refractivity contribution is 5.95.